The predicted molar refractivity (Wildman–Crippen MR) is 132 cm³/mol. The number of aliphatic hydroxyl groups excluding tert-OH is 1. The fourth-order valence-electron chi connectivity index (χ4n) is 4.47. The number of hydrogen-bond acceptors (Lipinski definition) is 3. The molecule has 1 aromatic heterocycles. The van der Waals surface area contributed by atoms with Crippen molar-refractivity contribution in [2.45, 2.75) is 12.5 Å². The van der Waals surface area contributed by atoms with Crippen LogP contribution in [-0.4, -0.2) is 33.2 Å². The molecule has 34 heavy (non-hydrogen) atoms. The number of hydrogen-bond donors (Lipinski definition) is 2. The zero-order valence-electron chi connectivity index (χ0n) is 18.0. The summed E-state index contributed by atoms with van der Waals surface area (Å²) in [4.78, 5) is 30.8. The Morgan fingerprint density at radius 2 is 1.71 bits per heavy atom. The van der Waals surface area contributed by atoms with Gasteiger partial charge in [0.2, 0.25) is 0 Å². The van der Waals surface area contributed by atoms with Gasteiger partial charge in [0.15, 0.2) is 0 Å². The Labute approximate surface area is 203 Å². The summed E-state index contributed by atoms with van der Waals surface area (Å²) >= 11 is 3.34. The average Bonchev–Trinajstić information content (AvgIpc) is 3.37. The topological polar surface area (TPSA) is 73.4 Å². The highest BCUT2D eigenvalue weighted by atomic mass is 79.9. The molecule has 1 unspecified atom stereocenters. The molecule has 170 valence electrons. The fraction of sp³-hybridized carbons (Fsp3) is 0.111. The maximum absolute atomic E-state index is 14.9. The molecule has 1 aliphatic rings. The van der Waals surface area contributed by atoms with Gasteiger partial charge in [-0.1, -0.05) is 64.5 Å². The Kier molecular flexibility index (Phi) is 5.79. The quantitative estimate of drug-likeness (QED) is 0.201. The van der Waals surface area contributed by atoms with Gasteiger partial charge in [-0.05, 0) is 36.2 Å². The molecule has 1 atom stereocenters. The number of nitrogens with one attached hydrogen (secondary N) is 1. The SMILES string of the molecule is O=C1C(=O)N(CCc2c[nH]c3ccccc23)C(c2ccccc2F)/C1=C(/O)c1ccc(Br)cc1. The van der Waals surface area contributed by atoms with E-state index in [2.05, 4.69) is 20.9 Å². The Morgan fingerprint density at radius 3 is 2.47 bits per heavy atom. The smallest absolute Gasteiger partial charge is 0.295 e. The normalized spacial score (nSPS) is 17.6. The lowest BCUT2D eigenvalue weighted by atomic mass is 9.95. The molecule has 0 aliphatic carbocycles. The molecule has 0 radical (unpaired) electrons. The number of rotatable bonds is 5. The van der Waals surface area contributed by atoms with Crippen LogP contribution < -0.4 is 0 Å². The second-order valence-electron chi connectivity index (χ2n) is 8.13. The van der Waals surface area contributed by atoms with Crippen LogP contribution in [0.4, 0.5) is 4.39 Å². The van der Waals surface area contributed by atoms with Crippen molar-refractivity contribution in [2.24, 2.45) is 0 Å². The number of halogens is 2. The number of aliphatic hydroxyl groups is 1. The lowest BCUT2D eigenvalue weighted by Gasteiger charge is -2.25. The van der Waals surface area contributed by atoms with Gasteiger partial charge in [0.05, 0.1) is 11.6 Å². The third-order valence-corrected chi connectivity index (χ3v) is 6.68. The van der Waals surface area contributed by atoms with Crippen LogP contribution in [0, 0.1) is 5.82 Å². The predicted octanol–water partition coefficient (Wildman–Crippen LogP) is 5.73. The van der Waals surface area contributed by atoms with Crippen molar-refractivity contribution in [2.75, 3.05) is 6.54 Å². The summed E-state index contributed by atoms with van der Waals surface area (Å²) < 4.78 is 15.7. The van der Waals surface area contributed by atoms with E-state index in [0.717, 1.165) is 20.9 Å². The van der Waals surface area contributed by atoms with Crippen molar-refractivity contribution < 1.29 is 19.1 Å². The lowest BCUT2D eigenvalue weighted by Crippen LogP contribution is -2.32. The lowest BCUT2D eigenvalue weighted by molar-refractivity contribution is -0.139. The van der Waals surface area contributed by atoms with E-state index in [1.165, 1.54) is 11.0 Å². The Hall–Kier alpha value is -3.71. The van der Waals surface area contributed by atoms with Gasteiger partial charge in [-0.25, -0.2) is 4.39 Å². The van der Waals surface area contributed by atoms with Crippen LogP contribution in [0.1, 0.15) is 22.7 Å². The second kappa shape index (κ2) is 8.91. The molecular formula is C27H20BrFN2O3. The molecule has 1 saturated heterocycles. The zero-order chi connectivity index (χ0) is 23.8. The Morgan fingerprint density at radius 1 is 1.00 bits per heavy atom. The first kappa shape index (κ1) is 22.1. The number of H-pyrrole nitrogens is 1. The molecule has 4 aromatic rings. The monoisotopic (exact) mass is 518 g/mol. The van der Waals surface area contributed by atoms with E-state index in [1.54, 1.807) is 42.5 Å². The summed E-state index contributed by atoms with van der Waals surface area (Å²) in [7, 11) is 0. The third kappa shape index (κ3) is 3.82. The maximum atomic E-state index is 14.9. The summed E-state index contributed by atoms with van der Waals surface area (Å²) in [5.74, 6) is -2.46. The maximum Gasteiger partial charge on any atom is 0.295 e. The molecule has 2 heterocycles. The molecule has 5 rings (SSSR count). The van der Waals surface area contributed by atoms with Crippen LogP contribution >= 0.6 is 15.9 Å². The molecule has 3 aromatic carbocycles. The number of ketones is 1. The summed E-state index contributed by atoms with van der Waals surface area (Å²) in [5.41, 5.74) is 2.38. The number of carbonyl (C=O) groups excluding carboxylic acids is 2. The third-order valence-electron chi connectivity index (χ3n) is 6.15. The van der Waals surface area contributed by atoms with Crippen LogP contribution in [0.15, 0.2) is 89.0 Å². The van der Waals surface area contributed by atoms with E-state index in [4.69, 9.17) is 0 Å². The highest BCUT2D eigenvalue weighted by Crippen LogP contribution is 2.40. The van der Waals surface area contributed by atoms with Crippen molar-refractivity contribution in [1.82, 2.24) is 9.88 Å². The largest absolute Gasteiger partial charge is 0.507 e. The number of aromatic nitrogens is 1. The van der Waals surface area contributed by atoms with E-state index < -0.39 is 23.5 Å². The van der Waals surface area contributed by atoms with Crippen molar-refractivity contribution >= 4 is 44.3 Å². The van der Waals surface area contributed by atoms with Gasteiger partial charge < -0.3 is 15.0 Å². The minimum Gasteiger partial charge on any atom is -0.507 e. The van der Waals surface area contributed by atoms with Gasteiger partial charge in [-0.3, -0.25) is 9.59 Å². The second-order valence-corrected chi connectivity index (χ2v) is 9.05. The van der Waals surface area contributed by atoms with Crippen molar-refractivity contribution in [1.29, 1.82) is 0 Å². The molecule has 5 nitrogen and oxygen atoms in total. The van der Waals surface area contributed by atoms with Gasteiger partial charge in [-0.2, -0.15) is 0 Å². The van der Waals surface area contributed by atoms with Crippen LogP contribution in [-0.2, 0) is 16.0 Å². The number of Topliss-reactive ketones (excluding diaryl/α,β-unsaturated/α-hetero) is 1. The van der Waals surface area contributed by atoms with E-state index in [9.17, 15) is 19.1 Å². The molecule has 1 fully saturated rings. The van der Waals surface area contributed by atoms with Gasteiger partial charge in [-0.15, -0.1) is 0 Å². The number of aromatic amines is 1. The molecule has 1 aliphatic heterocycles. The molecule has 0 saturated carbocycles. The fourth-order valence-corrected chi connectivity index (χ4v) is 4.74. The summed E-state index contributed by atoms with van der Waals surface area (Å²) in [6.07, 6.45) is 2.33. The highest BCUT2D eigenvalue weighted by Gasteiger charge is 2.46. The van der Waals surface area contributed by atoms with E-state index in [0.29, 0.717) is 12.0 Å². The van der Waals surface area contributed by atoms with E-state index in [-0.39, 0.29) is 23.4 Å². The number of amides is 1. The molecule has 2 N–H and O–H groups in total. The number of benzene rings is 3. The number of nitrogens with zero attached hydrogens (tertiary/aromatic N) is 1. The highest BCUT2D eigenvalue weighted by molar-refractivity contribution is 9.10. The van der Waals surface area contributed by atoms with Crippen molar-refractivity contribution in [3.63, 3.8) is 0 Å². The molecule has 0 bridgehead atoms. The standard InChI is InChI=1S/C27H20BrFN2O3/c28-18-11-9-16(10-12-18)25(32)23-24(20-6-1-3-7-21(20)29)31(27(34)26(23)33)14-13-17-15-30-22-8-4-2-5-19(17)22/h1-12,15,24,30,32H,13-14H2/b25-23-. The van der Waals surface area contributed by atoms with Crippen LogP contribution in [0.2, 0.25) is 0 Å². The van der Waals surface area contributed by atoms with Crippen LogP contribution in [0.5, 0.6) is 0 Å². The van der Waals surface area contributed by atoms with Gasteiger partial charge in [0, 0.05) is 39.2 Å². The molecular weight excluding hydrogens is 499 g/mol. The van der Waals surface area contributed by atoms with Crippen molar-refractivity contribution in [3.8, 4) is 0 Å². The molecule has 7 heteroatoms. The first-order valence-electron chi connectivity index (χ1n) is 10.8. The average molecular weight is 519 g/mol. The minimum atomic E-state index is -1.03. The minimum absolute atomic E-state index is 0.114. The van der Waals surface area contributed by atoms with Crippen molar-refractivity contribution in [3.05, 3.63) is 112 Å². The zero-order valence-corrected chi connectivity index (χ0v) is 19.5. The van der Waals surface area contributed by atoms with E-state index >= 15 is 0 Å². The van der Waals surface area contributed by atoms with Crippen LogP contribution in [0.25, 0.3) is 16.7 Å². The summed E-state index contributed by atoms with van der Waals surface area (Å²) in [5, 5.41) is 12.1. The number of para-hydroxylation sites is 1. The number of likely N-dealkylation sites (tertiary alicyclic amines) is 1. The molecule has 1 amide bonds. The van der Waals surface area contributed by atoms with Crippen LogP contribution in [0.3, 0.4) is 0 Å². The van der Waals surface area contributed by atoms with E-state index in [1.807, 2.05) is 30.5 Å². The first-order valence-corrected chi connectivity index (χ1v) is 11.6. The molecule has 0 spiro atoms. The summed E-state index contributed by atoms with van der Waals surface area (Å²) in [6.45, 7) is 0.183. The van der Waals surface area contributed by atoms with Gasteiger partial charge >= 0.3 is 0 Å². The number of fused-ring (bicyclic) bond motifs is 1. The Bertz CT molecular complexity index is 1440. The van der Waals surface area contributed by atoms with Gasteiger partial charge in [0.25, 0.3) is 11.7 Å². The Balaban J connectivity index is 1.58. The first-order chi connectivity index (χ1) is 16.5. The summed E-state index contributed by atoms with van der Waals surface area (Å²) in [6, 6.07) is 19.5. The van der Waals surface area contributed by atoms with Gasteiger partial charge in [0.1, 0.15) is 11.6 Å². The number of carbonyl (C=O) groups is 2.